The molecule has 0 atom stereocenters. The summed E-state index contributed by atoms with van der Waals surface area (Å²) in [5, 5.41) is 10.9. The maximum atomic E-state index is 11.3. The Bertz CT molecular complexity index is 408. The van der Waals surface area contributed by atoms with Crippen LogP contribution in [0.3, 0.4) is 0 Å². The van der Waals surface area contributed by atoms with Crippen LogP contribution in [-0.4, -0.2) is 12.4 Å². The second-order valence-electron chi connectivity index (χ2n) is 2.94. The number of rotatable bonds is 4. The standard InChI is InChI=1S/C11H12N2O2/c1-3-15-11-5-4-9(13-7-12)6-10(11)8(2)14/h4-6,13H,3H2,1-2H3. The first-order valence-corrected chi connectivity index (χ1v) is 4.62. The van der Waals surface area contributed by atoms with Crippen molar-refractivity contribution in [2.45, 2.75) is 13.8 Å². The lowest BCUT2D eigenvalue weighted by molar-refractivity contribution is 0.101. The van der Waals surface area contributed by atoms with Crippen molar-refractivity contribution >= 4 is 11.5 Å². The van der Waals surface area contributed by atoms with Gasteiger partial charge in [-0.05, 0) is 32.0 Å². The minimum atomic E-state index is -0.0833. The molecule has 0 unspecified atom stereocenters. The number of carbonyl (C=O) groups is 1. The van der Waals surface area contributed by atoms with E-state index in [0.29, 0.717) is 23.6 Å². The van der Waals surface area contributed by atoms with Gasteiger partial charge in [0.2, 0.25) is 0 Å². The number of nitrogens with zero attached hydrogens (tertiary/aromatic N) is 1. The summed E-state index contributed by atoms with van der Waals surface area (Å²) >= 11 is 0. The molecule has 1 aromatic carbocycles. The summed E-state index contributed by atoms with van der Waals surface area (Å²) in [6.45, 7) is 3.82. The van der Waals surface area contributed by atoms with Gasteiger partial charge in [-0.25, -0.2) is 0 Å². The maximum absolute atomic E-state index is 11.3. The van der Waals surface area contributed by atoms with E-state index < -0.39 is 0 Å². The van der Waals surface area contributed by atoms with Crippen LogP contribution in [0.4, 0.5) is 5.69 Å². The number of nitrogens with one attached hydrogen (secondary N) is 1. The number of Topliss-reactive ketones (excluding diaryl/α,β-unsaturated/α-hetero) is 1. The highest BCUT2D eigenvalue weighted by atomic mass is 16.5. The molecule has 0 aliphatic heterocycles. The third kappa shape index (κ3) is 2.71. The largest absolute Gasteiger partial charge is 0.493 e. The lowest BCUT2D eigenvalue weighted by atomic mass is 10.1. The molecule has 0 aliphatic carbocycles. The third-order valence-corrected chi connectivity index (χ3v) is 1.86. The van der Waals surface area contributed by atoms with E-state index in [4.69, 9.17) is 10.00 Å². The van der Waals surface area contributed by atoms with Crippen LogP contribution in [0.5, 0.6) is 5.75 Å². The van der Waals surface area contributed by atoms with E-state index in [9.17, 15) is 4.79 Å². The first kappa shape index (κ1) is 11.1. The van der Waals surface area contributed by atoms with Crippen molar-refractivity contribution in [2.24, 2.45) is 0 Å². The Morgan fingerprint density at radius 3 is 2.87 bits per heavy atom. The van der Waals surface area contributed by atoms with Gasteiger partial charge < -0.3 is 4.74 Å². The summed E-state index contributed by atoms with van der Waals surface area (Å²) in [4.78, 5) is 11.3. The van der Waals surface area contributed by atoms with Crippen LogP contribution < -0.4 is 10.1 Å². The van der Waals surface area contributed by atoms with E-state index in [1.165, 1.54) is 6.92 Å². The molecule has 0 saturated heterocycles. The molecule has 1 N–H and O–H groups in total. The lowest BCUT2D eigenvalue weighted by Crippen LogP contribution is -2.01. The number of nitriles is 1. The average molecular weight is 204 g/mol. The van der Waals surface area contributed by atoms with Crippen molar-refractivity contribution < 1.29 is 9.53 Å². The predicted molar refractivity (Wildman–Crippen MR) is 56.9 cm³/mol. The zero-order valence-corrected chi connectivity index (χ0v) is 8.70. The molecule has 0 fully saturated rings. The molecule has 78 valence electrons. The van der Waals surface area contributed by atoms with Gasteiger partial charge in [-0.2, -0.15) is 5.26 Å². The van der Waals surface area contributed by atoms with Gasteiger partial charge in [0.05, 0.1) is 12.2 Å². The molecule has 4 nitrogen and oxygen atoms in total. The van der Waals surface area contributed by atoms with Crippen molar-refractivity contribution in [1.29, 1.82) is 5.26 Å². The Labute approximate surface area is 88.5 Å². The normalized spacial score (nSPS) is 9.13. The van der Waals surface area contributed by atoms with Gasteiger partial charge in [-0.15, -0.1) is 0 Å². The molecule has 1 rings (SSSR count). The molecule has 4 heteroatoms. The van der Waals surface area contributed by atoms with E-state index in [2.05, 4.69) is 5.32 Å². The Morgan fingerprint density at radius 1 is 1.60 bits per heavy atom. The van der Waals surface area contributed by atoms with Crippen LogP contribution in [0.15, 0.2) is 18.2 Å². The lowest BCUT2D eigenvalue weighted by Gasteiger charge is -2.08. The van der Waals surface area contributed by atoms with Crippen molar-refractivity contribution in [3.05, 3.63) is 23.8 Å². The fraction of sp³-hybridized carbons (Fsp3) is 0.273. The number of ketones is 1. The van der Waals surface area contributed by atoms with Gasteiger partial charge >= 0.3 is 0 Å². The highest BCUT2D eigenvalue weighted by Crippen LogP contribution is 2.23. The number of anilines is 1. The second kappa shape index (κ2) is 5.01. The fourth-order valence-corrected chi connectivity index (χ4v) is 1.23. The molecule has 0 amide bonds. The Balaban J connectivity index is 3.10. The minimum absolute atomic E-state index is 0.0833. The Hall–Kier alpha value is -2.02. The first-order valence-electron chi connectivity index (χ1n) is 4.62. The van der Waals surface area contributed by atoms with Crippen LogP contribution in [0.25, 0.3) is 0 Å². The third-order valence-electron chi connectivity index (χ3n) is 1.86. The van der Waals surface area contributed by atoms with Gasteiger partial charge in [-0.1, -0.05) is 0 Å². The smallest absolute Gasteiger partial charge is 0.181 e. The summed E-state index contributed by atoms with van der Waals surface area (Å²) < 4.78 is 5.30. The van der Waals surface area contributed by atoms with Crippen LogP contribution in [0, 0.1) is 11.5 Å². The van der Waals surface area contributed by atoms with Gasteiger partial charge in [0.15, 0.2) is 12.0 Å². The van der Waals surface area contributed by atoms with E-state index in [1.54, 1.807) is 24.4 Å². The SMILES string of the molecule is CCOc1ccc(NC#N)cc1C(C)=O. The molecule has 0 aromatic heterocycles. The van der Waals surface area contributed by atoms with Crippen LogP contribution in [-0.2, 0) is 0 Å². The van der Waals surface area contributed by atoms with E-state index >= 15 is 0 Å². The maximum Gasteiger partial charge on any atom is 0.181 e. The van der Waals surface area contributed by atoms with Crippen molar-refractivity contribution in [3.8, 4) is 11.9 Å². The molecule has 0 aliphatic rings. The summed E-state index contributed by atoms with van der Waals surface area (Å²) in [5.41, 5.74) is 1.07. The van der Waals surface area contributed by atoms with Crippen LogP contribution in [0.1, 0.15) is 24.2 Å². The summed E-state index contributed by atoms with van der Waals surface area (Å²) in [5.74, 6) is 0.466. The van der Waals surface area contributed by atoms with Gasteiger partial charge in [0, 0.05) is 5.69 Å². The molecule has 0 bridgehead atoms. The van der Waals surface area contributed by atoms with E-state index in [1.807, 2.05) is 6.92 Å². The minimum Gasteiger partial charge on any atom is -0.493 e. The molecule has 0 radical (unpaired) electrons. The highest BCUT2D eigenvalue weighted by Gasteiger charge is 2.08. The van der Waals surface area contributed by atoms with Gasteiger partial charge in [0.1, 0.15) is 5.75 Å². The second-order valence-corrected chi connectivity index (χ2v) is 2.94. The molecular formula is C11H12N2O2. The molecule has 1 aromatic rings. The number of hydrogen-bond acceptors (Lipinski definition) is 4. The summed E-state index contributed by atoms with van der Waals surface area (Å²) in [6, 6.07) is 4.98. The Kier molecular flexibility index (Phi) is 3.69. The van der Waals surface area contributed by atoms with Crippen LogP contribution >= 0.6 is 0 Å². The summed E-state index contributed by atoms with van der Waals surface area (Å²) in [7, 11) is 0. The number of benzene rings is 1. The monoisotopic (exact) mass is 204 g/mol. The summed E-state index contributed by atoms with van der Waals surface area (Å²) in [6.07, 6.45) is 1.80. The van der Waals surface area contributed by atoms with Gasteiger partial charge in [-0.3, -0.25) is 10.1 Å². The molecule has 0 spiro atoms. The van der Waals surface area contributed by atoms with Crippen molar-refractivity contribution in [1.82, 2.24) is 0 Å². The van der Waals surface area contributed by atoms with E-state index in [0.717, 1.165) is 0 Å². The fourth-order valence-electron chi connectivity index (χ4n) is 1.23. The van der Waals surface area contributed by atoms with Crippen molar-refractivity contribution in [2.75, 3.05) is 11.9 Å². The van der Waals surface area contributed by atoms with E-state index in [-0.39, 0.29) is 5.78 Å². The zero-order valence-electron chi connectivity index (χ0n) is 8.70. The highest BCUT2D eigenvalue weighted by molar-refractivity contribution is 5.97. The first-order chi connectivity index (χ1) is 7.19. The molecule has 15 heavy (non-hydrogen) atoms. The van der Waals surface area contributed by atoms with Crippen LogP contribution in [0.2, 0.25) is 0 Å². The average Bonchev–Trinajstić information content (AvgIpc) is 2.21. The zero-order chi connectivity index (χ0) is 11.3. The molecule has 0 heterocycles. The predicted octanol–water partition coefficient (Wildman–Crippen LogP) is 2.18. The molecule has 0 saturated carbocycles. The Morgan fingerprint density at radius 2 is 2.33 bits per heavy atom. The topological polar surface area (TPSA) is 62.1 Å². The quantitative estimate of drug-likeness (QED) is 0.464. The molecular weight excluding hydrogens is 192 g/mol. The number of ether oxygens (including phenoxy) is 1. The van der Waals surface area contributed by atoms with Crippen molar-refractivity contribution in [3.63, 3.8) is 0 Å². The number of carbonyl (C=O) groups excluding carboxylic acids is 1. The van der Waals surface area contributed by atoms with Gasteiger partial charge in [0.25, 0.3) is 0 Å². The number of hydrogen-bond donors (Lipinski definition) is 1.